The van der Waals surface area contributed by atoms with Gasteiger partial charge in [0.1, 0.15) is 5.75 Å². The number of hydrogen-bond acceptors (Lipinski definition) is 4. The molecule has 1 heterocycles. The highest BCUT2D eigenvalue weighted by molar-refractivity contribution is 5.99. The number of para-hydroxylation sites is 2. The van der Waals surface area contributed by atoms with Crippen LogP contribution in [0.2, 0.25) is 0 Å². The van der Waals surface area contributed by atoms with Gasteiger partial charge >= 0.3 is 5.97 Å². The number of carboxylic acid groups (broad SMARTS) is 1. The maximum Gasteiger partial charge on any atom is 0.335 e. The summed E-state index contributed by atoms with van der Waals surface area (Å²) in [6.45, 7) is 0.156. The van der Waals surface area contributed by atoms with Crippen molar-refractivity contribution in [1.82, 2.24) is 0 Å². The predicted octanol–water partition coefficient (Wildman–Crippen LogP) is 2.14. The van der Waals surface area contributed by atoms with Crippen LogP contribution in [-0.2, 0) is 9.59 Å². The van der Waals surface area contributed by atoms with E-state index in [1.165, 1.54) is 17.0 Å². The highest BCUT2D eigenvalue weighted by Gasteiger charge is 2.25. The molecule has 0 fully saturated rings. The van der Waals surface area contributed by atoms with E-state index in [0.717, 1.165) is 0 Å². The molecule has 0 spiro atoms. The Balaban J connectivity index is 1.64. The second-order valence-electron chi connectivity index (χ2n) is 5.49. The predicted molar refractivity (Wildman–Crippen MR) is 90.9 cm³/mol. The van der Waals surface area contributed by atoms with E-state index < -0.39 is 5.97 Å². The lowest BCUT2D eigenvalue weighted by Gasteiger charge is -2.29. The van der Waals surface area contributed by atoms with Gasteiger partial charge in [-0.05, 0) is 30.3 Å². The fourth-order valence-electron chi connectivity index (χ4n) is 2.57. The molecule has 25 heavy (non-hydrogen) atoms. The Labute approximate surface area is 143 Å². The number of carboxylic acids is 1. The zero-order chi connectivity index (χ0) is 17.8. The number of ether oxygens (including phenoxy) is 1. The number of benzene rings is 2. The molecule has 2 N–H and O–H groups in total. The zero-order valence-corrected chi connectivity index (χ0v) is 13.3. The lowest BCUT2D eigenvalue weighted by atomic mass is 10.2. The Morgan fingerprint density at radius 2 is 1.96 bits per heavy atom. The minimum absolute atomic E-state index is 0.0563. The smallest absolute Gasteiger partial charge is 0.335 e. The molecule has 0 saturated heterocycles. The van der Waals surface area contributed by atoms with Crippen molar-refractivity contribution in [2.75, 3.05) is 23.4 Å². The summed E-state index contributed by atoms with van der Waals surface area (Å²) in [4.78, 5) is 36.7. The van der Waals surface area contributed by atoms with Crippen LogP contribution in [0.15, 0.2) is 48.5 Å². The quantitative estimate of drug-likeness (QED) is 0.869. The molecular weight excluding hydrogens is 324 g/mol. The molecule has 2 aromatic rings. The van der Waals surface area contributed by atoms with Gasteiger partial charge in [0.2, 0.25) is 5.91 Å². The SMILES string of the molecule is O=C(CCN1C(=O)COc2ccccc21)Nc1cccc(C(=O)O)c1. The van der Waals surface area contributed by atoms with Crippen LogP contribution in [0.25, 0.3) is 0 Å². The summed E-state index contributed by atoms with van der Waals surface area (Å²) in [5, 5.41) is 11.6. The first-order chi connectivity index (χ1) is 12.0. The molecule has 0 atom stereocenters. The summed E-state index contributed by atoms with van der Waals surface area (Å²) in [5.74, 6) is -0.970. The van der Waals surface area contributed by atoms with Crippen molar-refractivity contribution in [3.8, 4) is 5.75 Å². The fraction of sp³-hybridized carbons (Fsp3) is 0.167. The van der Waals surface area contributed by atoms with Crippen LogP contribution in [0.4, 0.5) is 11.4 Å². The molecule has 0 bridgehead atoms. The van der Waals surface area contributed by atoms with Crippen molar-refractivity contribution < 1.29 is 24.2 Å². The van der Waals surface area contributed by atoms with Crippen molar-refractivity contribution in [1.29, 1.82) is 0 Å². The largest absolute Gasteiger partial charge is 0.482 e. The van der Waals surface area contributed by atoms with Crippen LogP contribution in [0.1, 0.15) is 16.8 Å². The van der Waals surface area contributed by atoms with Gasteiger partial charge in [-0.3, -0.25) is 9.59 Å². The molecule has 1 aliphatic rings. The Hall–Kier alpha value is -3.35. The van der Waals surface area contributed by atoms with Gasteiger partial charge in [0.25, 0.3) is 5.91 Å². The summed E-state index contributed by atoms with van der Waals surface area (Å²) in [6.07, 6.45) is 0.0807. The normalized spacial score (nSPS) is 13.0. The van der Waals surface area contributed by atoms with Gasteiger partial charge in [0.15, 0.2) is 6.61 Å². The molecule has 1 aliphatic heterocycles. The molecule has 3 rings (SSSR count). The Bertz CT molecular complexity index is 834. The third-order valence-electron chi connectivity index (χ3n) is 3.76. The first kappa shape index (κ1) is 16.5. The minimum Gasteiger partial charge on any atom is -0.482 e. The van der Waals surface area contributed by atoms with Gasteiger partial charge in [-0.25, -0.2) is 4.79 Å². The molecule has 0 unspecified atom stereocenters. The van der Waals surface area contributed by atoms with E-state index in [-0.39, 0.29) is 37.0 Å². The van der Waals surface area contributed by atoms with Crippen molar-refractivity contribution in [2.24, 2.45) is 0 Å². The van der Waals surface area contributed by atoms with Gasteiger partial charge in [-0.15, -0.1) is 0 Å². The lowest BCUT2D eigenvalue weighted by Crippen LogP contribution is -2.40. The number of amides is 2. The number of hydrogen-bond donors (Lipinski definition) is 2. The first-order valence-corrected chi connectivity index (χ1v) is 7.70. The molecule has 2 amide bonds. The maximum atomic E-state index is 12.1. The Kier molecular flexibility index (Phi) is 4.65. The lowest BCUT2D eigenvalue weighted by molar-refractivity contribution is -0.121. The van der Waals surface area contributed by atoms with E-state index in [9.17, 15) is 14.4 Å². The van der Waals surface area contributed by atoms with Gasteiger partial charge < -0.3 is 20.1 Å². The topological polar surface area (TPSA) is 95.9 Å². The summed E-state index contributed by atoms with van der Waals surface area (Å²) < 4.78 is 5.36. The number of carbonyl (C=O) groups excluding carboxylic acids is 2. The van der Waals surface area contributed by atoms with E-state index >= 15 is 0 Å². The Morgan fingerprint density at radius 3 is 2.76 bits per heavy atom. The maximum absolute atomic E-state index is 12.1. The summed E-state index contributed by atoms with van der Waals surface area (Å²) in [7, 11) is 0. The van der Waals surface area contributed by atoms with Crippen LogP contribution in [0.5, 0.6) is 5.75 Å². The third-order valence-corrected chi connectivity index (χ3v) is 3.76. The number of anilines is 2. The zero-order valence-electron chi connectivity index (χ0n) is 13.3. The average molecular weight is 340 g/mol. The van der Waals surface area contributed by atoms with Crippen molar-refractivity contribution in [2.45, 2.75) is 6.42 Å². The second-order valence-corrected chi connectivity index (χ2v) is 5.49. The van der Waals surface area contributed by atoms with Crippen molar-refractivity contribution in [3.05, 3.63) is 54.1 Å². The monoisotopic (exact) mass is 340 g/mol. The standard InChI is InChI=1S/C18H16N2O5/c21-16(19-13-5-3-4-12(10-13)18(23)24)8-9-20-14-6-1-2-7-15(14)25-11-17(20)22/h1-7,10H,8-9,11H2,(H,19,21)(H,23,24). The molecule has 128 valence electrons. The molecule has 0 aliphatic carbocycles. The average Bonchev–Trinajstić information content (AvgIpc) is 2.61. The third kappa shape index (κ3) is 3.77. The van der Waals surface area contributed by atoms with Crippen LogP contribution in [-0.4, -0.2) is 36.0 Å². The summed E-state index contributed by atoms with van der Waals surface area (Å²) in [5.41, 5.74) is 1.13. The number of carbonyl (C=O) groups is 3. The molecule has 2 aromatic carbocycles. The molecule has 0 radical (unpaired) electrons. The van der Waals surface area contributed by atoms with Crippen LogP contribution < -0.4 is 15.0 Å². The van der Waals surface area contributed by atoms with Crippen molar-refractivity contribution >= 4 is 29.2 Å². The highest BCUT2D eigenvalue weighted by Crippen LogP contribution is 2.31. The van der Waals surface area contributed by atoms with Gasteiger partial charge in [-0.2, -0.15) is 0 Å². The van der Waals surface area contributed by atoms with E-state index in [1.807, 2.05) is 6.07 Å². The van der Waals surface area contributed by atoms with Crippen LogP contribution in [0.3, 0.4) is 0 Å². The van der Waals surface area contributed by atoms with E-state index in [1.54, 1.807) is 30.3 Å². The molecule has 7 nitrogen and oxygen atoms in total. The van der Waals surface area contributed by atoms with E-state index in [4.69, 9.17) is 9.84 Å². The van der Waals surface area contributed by atoms with E-state index in [0.29, 0.717) is 17.1 Å². The Morgan fingerprint density at radius 1 is 1.16 bits per heavy atom. The van der Waals surface area contributed by atoms with Crippen LogP contribution in [0, 0.1) is 0 Å². The number of nitrogens with one attached hydrogen (secondary N) is 1. The molecule has 0 saturated carbocycles. The number of rotatable bonds is 5. The molecular formula is C18H16N2O5. The molecule has 0 aromatic heterocycles. The summed E-state index contributed by atoms with van der Waals surface area (Å²) in [6, 6.07) is 13.1. The van der Waals surface area contributed by atoms with Crippen molar-refractivity contribution in [3.63, 3.8) is 0 Å². The number of aromatic carboxylic acids is 1. The van der Waals surface area contributed by atoms with Crippen LogP contribution >= 0.6 is 0 Å². The second kappa shape index (κ2) is 7.04. The number of fused-ring (bicyclic) bond motifs is 1. The summed E-state index contributed by atoms with van der Waals surface area (Å²) >= 11 is 0. The molecule has 7 heteroatoms. The minimum atomic E-state index is -1.06. The van der Waals surface area contributed by atoms with Gasteiger partial charge in [0.05, 0.1) is 11.3 Å². The number of nitrogens with zero attached hydrogens (tertiary/aromatic N) is 1. The van der Waals surface area contributed by atoms with Gasteiger partial charge in [-0.1, -0.05) is 18.2 Å². The van der Waals surface area contributed by atoms with Gasteiger partial charge in [0, 0.05) is 18.7 Å². The first-order valence-electron chi connectivity index (χ1n) is 7.70. The highest BCUT2D eigenvalue weighted by atomic mass is 16.5. The van der Waals surface area contributed by atoms with E-state index in [2.05, 4.69) is 5.32 Å². The fourth-order valence-corrected chi connectivity index (χ4v) is 2.57.